The molecule has 0 spiro atoms. The van der Waals surface area contributed by atoms with Crippen molar-refractivity contribution in [1.82, 2.24) is 5.32 Å². The first kappa shape index (κ1) is 20.0. The second-order valence-electron chi connectivity index (χ2n) is 6.36. The van der Waals surface area contributed by atoms with E-state index in [9.17, 15) is 0 Å². The van der Waals surface area contributed by atoms with E-state index in [-0.39, 0.29) is 6.61 Å². The van der Waals surface area contributed by atoms with E-state index in [0.717, 1.165) is 41.6 Å². The van der Waals surface area contributed by atoms with Crippen LogP contribution in [-0.4, -0.2) is 18.3 Å². The van der Waals surface area contributed by atoms with Gasteiger partial charge < -0.3 is 15.2 Å². The van der Waals surface area contributed by atoms with E-state index in [0.29, 0.717) is 23.2 Å². The highest BCUT2D eigenvalue weighted by atomic mass is 35.5. The summed E-state index contributed by atoms with van der Waals surface area (Å²) in [4.78, 5) is 0. The van der Waals surface area contributed by atoms with Crippen molar-refractivity contribution >= 4 is 34.0 Å². The third kappa shape index (κ3) is 5.14. The molecule has 0 amide bonds. The number of rotatable bonds is 9. The number of hydrogen-bond donors (Lipinski definition) is 2. The molecule has 3 aromatic carbocycles. The van der Waals surface area contributed by atoms with Crippen LogP contribution < -0.4 is 10.1 Å². The van der Waals surface area contributed by atoms with Crippen LogP contribution in [0.25, 0.3) is 10.8 Å². The summed E-state index contributed by atoms with van der Waals surface area (Å²) in [5.41, 5.74) is 1.90. The fraction of sp³-hybridized carbons (Fsp3) is 0.273. The van der Waals surface area contributed by atoms with Crippen LogP contribution in [0.2, 0.25) is 10.0 Å². The Labute approximate surface area is 169 Å². The van der Waals surface area contributed by atoms with Gasteiger partial charge in [-0.25, -0.2) is 0 Å². The first-order valence-electron chi connectivity index (χ1n) is 9.08. The van der Waals surface area contributed by atoms with Gasteiger partial charge in [0.1, 0.15) is 12.4 Å². The molecule has 0 aromatic heterocycles. The quantitative estimate of drug-likeness (QED) is 0.457. The van der Waals surface area contributed by atoms with Gasteiger partial charge in [-0.2, -0.15) is 0 Å². The minimum atomic E-state index is 0.225. The molecule has 0 fully saturated rings. The van der Waals surface area contributed by atoms with E-state index < -0.39 is 0 Å². The maximum absolute atomic E-state index is 8.92. The summed E-state index contributed by atoms with van der Waals surface area (Å²) in [6, 6.07) is 17.8. The molecule has 27 heavy (non-hydrogen) atoms. The SMILES string of the molecule is OCCCCNCc1c(OCc2c(Cl)cccc2Cl)ccc2ccccc12. The molecule has 0 aliphatic heterocycles. The number of halogens is 2. The molecule has 0 saturated carbocycles. The number of fused-ring (bicyclic) bond motifs is 1. The smallest absolute Gasteiger partial charge is 0.124 e. The zero-order chi connectivity index (χ0) is 19.1. The van der Waals surface area contributed by atoms with Gasteiger partial charge in [0.25, 0.3) is 0 Å². The normalized spacial score (nSPS) is 11.1. The third-order valence-electron chi connectivity index (χ3n) is 4.49. The van der Waals surface area contributed by atoms with E-state index in [1.165, 1.54) is 5.39 Å². The van der Waals surface area contributed by atoms with Crippen LogP contribution in [-0.2, 0) is 13.2 Å². The molecule has 0 atom stereocenters. The van der Waals surface area contributed by atoms with Crippen LogP contribution in [0.15, 0.2) is 54.6 Å². The Balaban J connectivity index is 1.82. The predicted molar refractivity (Wildman–Crippen MR) is 113 cm³/mol. The maximum atomic E-state index is 8.92. The van der Waals surface area contributed by atoms with Gasteiger partial charge >= 0.3 is 0 Å². The van der Waals surface area contributed by atoms with Gasteiger partial charge in [0.15, 0.2) is 0 Å². The molecule has 0 radical (unpaired) electrons. The highest BCUT2D eigenvalue weighted by molar-refractivity contribution is 6.35. The first-order chi connectivity index (χ1) is 13.2. The van der Waals surface area contributed by atoms with Crippen molar-refractivity contribution in [2.45, 2.75) is 26.0 Å². The van der Waals surface area contributed by atoms with Crippen LogP contribution in [0.4, 0.5) is 0 Å². The van der Waals surface area contributed by atoms with Gasteiger partial charge in [-0.15, -0.1) is 0 Å². The van der Waals surface area contributed by atoms with Crippen LogP contribution >= 0.6 is 23.2 Å². The molecule has 5 heteroatoms. The largest absolute Gasteiger partial charge is 0.488 e. The number of unbranched alkanes of at least 4 members (excludes halogenated alkanes) is 1. The maximum Gasteiger partial charge on any atom is 0.124 e. The van der Waals surface area contributed by atoms with E-state index >= 15 is 0 Å². The fourth-order valence-electron chi connectivity index (χ4n) is 3.03. The topological polar surface area (TPSA) is 41.5 Å². The van der Waals surface area contributed by atoms with Crippen molar-refractivity contribution < 1.29 is 9.84 Å². The molecule has 142 valence electrons. The highest BCUT2D eigenvalue weighted by Crippen LogP contribution is 2.31. The Kier molecular flexibility index (Phi) is 7.36. The summed E-state index contributed by atoms with van der Waals surface area (Å²) in [5, 5.41) is 15.9. The van der Waals surface area contributed by atoms with Gasteiger partial charge in [0, 0.05) is 34.3 Å². The van der Waals surface area contributed by atoms with Gasteiger partial charge in [0.05, 0.1) is 0 Å². The number of nitrogens with one attached hydrogen (secondary N) is 1. The number of benzene rings is 3. The molecule has 0 aliphatic carbocycles. The van der Waals surface area contributed by atoms with Crippen molar-refractivity contribution in [2.24, 2.45) is 0 Å². The standard InChI is InChI=1S/C22H23Cl2NO2/c23-20-8-5-9-21(24)19(20)15-27-22-11-10-16-6-1-2-7-17(16)18(22)14-25-12-3-4-13-26/h1-2,5-11,25-26H,3-4,12-15H2. The van der Waals surface area contributed by atoms with E-state index in [1.54, 1.807) is 0 Å². The van der Waals surface area contributed by atoms with E-state index in [2.05, 4.69) is 23.5 Å². The Morgan fingerprint density at radius 1 is 0.852 bits per heavy atom. The Hall–Kier alpha value is -1.78. The molecule has 3 aromatic rings. The highest BCUT2D eigenvalue weighted by Gasteiger charge is 2.11. The van der Waals surface area contributed by atoms with Crippen molar-refractivity contribution in [3.63, 3.8) is 0 Å². The molecular formula is C22H23Cl2NO2. The number of aliphatic hydroxyl groups excluding tert-OH is 1. The molecular weight excluding hydrogens is 381 g/mol. The molecule has 0 heterocycles. The summed E-state index contributed by atoms with van der Waals surface area (Å²) in [5.74, 6) is 0.819. The van der Waals surface area contributed by atoms with Crippen molar-refractivity contribution in [3.8, 4) is 5.75 Å². The van der Waals surface area contributed by atoms with Crippen LogP contribution in [0, 0.1) is 0 Å². The number of ether oxygens (including phenoxy) is 1. The molecule has 3 rings (SSSR count). The summed E-state index contributed by atoms with van der Waals surface area (Å²) in [7, 11) is 0. The second kappa shape index (κ2) is 9.95. The molecule has 0 bridgehead atoms. The Morgan fingerprint density at radius 2 is 1.63 bits per heavy atom. The fourth-order valence-corrected chi connectivity index (χ4v) is 3.54. The lowest BCUT2D eigenvalue weighted by Crippen LogP contribution is -2.16. The number of hydrogen-bond acceptors (Lipinski definition) is 3. The summed E-state index contributed by atoms with van der Waals surface area (Å²) >= 11 is 12.5. The zero-order valence-electron chi connectivity index (χ0n) is 15.1. The molecule has 0 aliphatic rings. The van der Waals surface area contributed by atoms with Crippen molar-refractivity contribution in [3.05, 3.63) is 75.8 Å². The summed E-state index contributed by atoms with van der Waals surface area (Å²) in [6.07, 6.45) is 1.74. The van der Waals surface area contributed by atoms with Gasteiger partial charge in [-0.3, -0.25) is 0 Å². The Bertz CT molecular complexity index is 878. The molecule has 2 N–H and O–H groups in total. The number of aliphatic hydroxyl groups is 1. The summed E-state index contributed by atoms with van der Waals surface area (Å²) < 4.78 is 6.12. The molecule has 0 saturated heterocycles. The Morgan fingerprint density at radius 3 is 2.41 bits per heavy atom. The monoisotopic (exact) mass is 403 g/mol. The van der Waals surface area contributed by atoms with E-state index in [1.807, 2.05) is 36.4 Å². The third-order valence-corrected chi connectivity index (χ3v) is 5.20. The average Bonchev–Trinajstić information content (AvgIpc) is 2.68. The van der Waals surface area contributed by atoms with Crippen molar-refractivity contribution in [1.29, 1.82) is 0 Å². The first-order valence-corrected chi connectivity index (χ1v) is 9.84. The van der Waals surface area contributed by atoms with Crippen LogP contribution in [0.3, 0.4) is 0 Å². The predicted octanol–water partition coefficient (Wildman–Crippen LogP) is 5.59. The molecule has 0 unspecified atom stereocenters. The van der Waals surface area contributed by atoms with Crippen LogP contribution in [0.1, 0.15) is 24.0 Å². The van der Waals surface area contributed by atoms with Crippen molar-refractivity contribution in [2.75, 3.05) is 13.2 Å². The zero-order valence-corrected chi connectivity index (χ0v) is 16.6. The minimum absolute atomic E-state index is 0.225. The summed E-state index contributed by atoms with van der Waals surface area (Å²) in [6.45, 7) is 2.08. The van der Waals surface area contributed by atoms with Gasteiger partial charge in [0.2, 0.25) is 0 Å². The lowest BCUT2D eigenvalue weighted by atomic mass is 10.0. The van der Waals surface area contributed by atoms with Gasteiger partial charge in [-0.1, -0.05) is 59.6 Å². The molecule has 3 nitrogen and oxygen atoms in total. The lowest BCUT2D eigenvalue weighted by Gasteiger charge is -2.16. The van der Waals surface area contributed by atoms with Crippen LogP contribution in [0.5, 0.6) is 5.75 Å². The minimum Gasteiger partial charge on any atom is -0.488 e. The second-order valence-corrected chi connectivity index (χ2v) is 7.17. The van der Waals surface area contributed by atoms with Gasteiger partial charge in [-0.05, 0) is 48.4 Å². The van der Waals surface area contributed by atoms with E-state index in [4.69, 9.17) is 33.0 Å². The average molecular weight is 404 g/mol. The lowest BCUT2D eigenvalue weighted by molar-refractivity contribution is 0.283.